The molecule has 0 saturated heterocycles. The van der Waals surface area contributed by atoms with E-state index in [0.717, 1.165) is 16.5 Å². The molecule has 2 rings (SSSR count). The Bertz CT molecular complexity index is 773. The fourth-order valence-electron chi connectivity index (χ4n) is 1.56. The number of carbonyl (C=O) groups is 1. The second-order valence-corrected chi connectivity index (χ2v) is 7.48. The van der Waals surface area contributed by atoms with E-state index >= 15 is 0 Å². The molecule has 0 saturated carbocycles. The molecule has 12 heteroatoms. The van der Waals surface area contributed by atoms with Crippen molar-refractivity contribution in [1.29, 1.82) is 0 Å². The quantitative estimate of drug-likeness (QED) is 0.472. The van der Waals surface area contributed by atoms with E-state index < -0.39 is 39.0 Å². The van der Waals surface area contributed by atoms with Crippen molar-refractivity contribution in [2.24, 2.45) is 0 Å². The van der Waals surface area contributed by atoms with Crippen LogP contribution in [0.2, 0.25) is 0 Å². The Morgan fingerprint density at radius 2 is 2.00 bits per heavy atom. The van der Waals surface area contributed by atoms with Crippen LogP contribution in [-0.4, -0.2) is 32.8 Å². The summed E-state index contributed by atoms with van der Waals surface area (Å²) in [5.41, 5.74) is -0.0278. The smallest absolute Gasteiger partial charge is 0.328 e. The first-order valence-corrected chi connectivity index (χ1v) is 8.36. The van der Waals surface area contributed by atoms with E-state index in [9.17, 15) is 24.2 Å². The number of likely N-dealkylation sites (N-methyl/N-ethyl adjacent to an activating group) is 1. The largest absolute Gasteiger partial charge is 0.335 e. The standard InChI is InChI=1S/C10H9F5N4OS2/c1-3-7(20)19(2)4-6-17-9-8(16-5-21-9)10(18-6)22(11,12,13,14)15/h3,5H,1,4H2,2H3. The van der Waals surface area contributed by atoms with E-state index in [1.165, 1.54) is 7.05 Å². The average Bonchev–Trinajstić information content (AvgIpc) is 2.81. The molecule has 2 heterocycles. The third-order valence-corrected chi connectivity index (χ3v) is 4.24. The zero-order valence-corrected chi connectivity index (χ0v) is 12.6. The summed E-state index contributed by atoms with van der Waals surface area (Å²) < 4.78 is 65.4. The molecule has 0 aliphatic carbocycles. The van der Waals surface area contributed by atoms with Gasteiger partial charge in [0.2, 0.25) is 10.9 Å². The van der Waals surface area contributed by atoms with Crippen LogP contribution < -0.4 is 0 Å². The minimum atomic E-state index is -10.0. The molecule has 0 radical (unpaired) electrons. The first kappa shape index (κ1) is 16.5. The molecule has 5 nitrogen and oxygen atoms in total. The minimum Gasteiger partial charge on any atom is -0.335 e. The maximum atomic E-state index is 13.1. The number of thiazole rings is 1. The molecule has 1 amide bonds. The van der Waals surface area contributed by atoms with Gasteiger partial charge in [0.15, 0.2) is 5.82 Å². The molecule has 0 aromatic carbocycles. The molecule has 0 aliphatic rings. The molecule has 2 aromatic heterocycles. The lowest BCUT2D eigenvalue weighted by Gasteiger charge is -2.39. The topological polar surface area (TPSA) is 59.0 Å². The first-order valence-electron chi connectivity index (χ1n) is 5.53. The lowest BCUT2D eigenvalue weighted by molar-refractivity contribution is -0.125. The number of carbonyl (C=O) groups excluding carboxylic acids is 1. The van der Waals surface area contributed by atoms with Gasteiger partial charge in [0, 0.05) is 7.05 Å². The number of hydrogen-bond donors (Lipinski definition) is 0. The average molecular weight is 360 g/mol. The SMILES string of the molecule is C=CC(=O)N(C)Cc1nc(S(F)(F)(F)(F)F)c2ncsc2n1. The van der Waals surface area contributed by atoms with Crippen molar-refractivity contribution in [3.05, 3.63) is 24.0 Å². The summed E-state index contributed by atoms with van der Waals surface area (Å²) in [5.74, 6) is -1.17. The van der Waals surface area contributed by atoms with E-state index in [0.29, 0.717) is 11.3 Å². The fraction of sp³-hybridized carbons (Fsp3) is 0.200. The summed E-state index contributed by atoms with van der Waals surface area (Å²) in [6, 6.07) is 0. The van der Waals surface area contributed by atoms with Crippen molar-refractivity contribution < 1.29 is 24.2 Å². The Labute approximate surface area is 125 Å². The Morgan fingerprint density at radius 3 is 2.55 bits per heavy atom. The summed E-state index contributed by atoms with van der Waals surface area (Å²) in [6.45, 7) is 2.74. The second-order valence-electron chi connectivity index (χ2n) is 4.32. The molecule has 0 spiro atoms. The van der Waals surface area contributed by atoms with Crippen LogP contribution >= 0.6 is 21.6 Å². The normalized spacial score (nSPS) is 15.2. The second kappa shape index (κ2) is 4.35. The maximum absolute atomic E-state index is 13.1. The van der Waals surface area contributed by atoms with E-state index in [4.69, 9.17) is 0 Å². The van der Waals surface area contributed by atoms with Gasteiger partial charge in [-0.15, -0.1) is 11.3 Å². The van der Waals surface area contributed by atoms with Gasteiger partial charge in [0.05, 0.1) is 12.1 Å². The van der Waals surface area contributed by atoms with Crippen molar-refractivity contribution in [3.63, 3.8) is 0 Å². The Morgan fingerprint density at radius 1 is 1.36 bits per heavy atom. The number of amides is 1. The van der Waals surface area contributed by atoms with Crippen molar-refractivity contribution in [3.8, 4) is 0 Å². The van der Waals surface area contributed by atoms with Gasteiger partial charge in [-0.05, 0) is 6.08 Å². The van der Waals surface area contributed by atoms with Crippen LogP contribution in [0, 0.1) is 0 Å². The van der Waals surface area contributed by atoms with Gasteiger partial charge in [-0.3, -0.25) is 4.79 Å². The third-order valence-electron chi connectivity index (χ3n) is 2.51. The van der Waals surface area contributed by atoms with Crippen LogP contribution in [-0.2, 0) is 11.3 Å². The molecule has 0 atom stereocenters. The number of hydrogen-bond acceptors (Lipinski definition) is 5. The molecule has 2 aromatic rings. The van der Waals surface area contributed by atoms with Crippen LogP contribution in [0.5, 0.6) is 0 Å². The van der Waals surface area contributed by atoms with Crippen molar-refractivity contribution in [1.82, 2.24) is 19.9 Å². The van der Waals surface area contributed by atoms with Crippen molar-refractivity contribution in [2.75, 3.05) is 7.05 Å². The summed E-state index contributed by atoms with van der Waals surface area (Å²) in [5, 5.41) is -2.33. The highest BCUT2D eigenvalue weighted by molar-refractivity contribution is 8.45. The Balaban J connectivity index is 2.61. The van der Waals surface area contributed by atoms with Crippen LogP contribution in [0.25, 0.3) is 10.3 Å². The highest BCUT2D eigenvalue weighted by atomic mass is 32.5. The minimum absolute atomic E-state index is 0.326. The van der Waals surface area contributed by atoms with Gasteiger partial charge >= 0.3 is 10.2 Å². The summed E-state index contributed by atoms with van der Waals surface area (Å²) in [7, 11) is -8.77. The molecule has 0 unspecified atom stereocenters. The monoisotopic (exact) mass is 360 g/mol. The predicted molar refractivity (Wildman–Crippen MR) is 73.3 cm³/mol. The Hall–Kier alpha value is -1.82. The molecule has 22 heavy (non-hydrogen) atoms. The molecule has 0 bridgehead atoms. The predicted octanol–water partition coefficient (Wildman–Crippen LogP) is 3.89. The summed E-state index contributed by atoms with van der Waals surface area (Å²) in [6.07, 6.45) is 0.927. The maximum Gasteiger partial charge on any atom is 0.328 e. The molecule has 0 N–H and O–H groups in total. The molecular weight excluding hydrogens is 351 g/mol. The number of rotatable bonds is 4. The molecular formula is C10H9F5N4OS2. The Kier molecular flexibility index (Phi) is 3.27. The highest BCUT2D eigenvalue weighted by Gasteiger charge is 2.68. The third kappa shape index (κ3) is 3.32. The zero-order valence-electron chi connectivity index (χ0n) is 11.0. The van der Waals surface area contributed by atoms with Crippen LogP contribution in [0.15, 0.2) is 23.2 Å². The number of nitrogens with zero attached hydrogens (tertiary/aromatic N) is 4. The van der Waals surface area contributed by atoms with Gasteiger partial charge in [-0.2, -0.15) is 0 Å². The van der Waals surface area contributed by atoms with Crippen molar-refractivity contribution in [2.45, 2.75) is 11.6 Å². The van der Waals surface area contributed by atoms with Crippen LogP contribution in [0.1, 0.15) is 5.82 Å². The van der Waals surface area contributed by atoms with Crippen LogP contribution in [0.4, 0.5) is 19.4 Å². The zero-order chi connectivity index (χ0) is 16.8. The first-order chi connectivity index (χ1) is 9.81. The van der Waals surface area contributed by atoms with E-state index in [1.807, 2.05) is 0 Å². The molecule has 0 fully saturated rings. The highest BCUT2D eigenvalue weighted by Crippen LogP contribution is 3.02. The lowest BCUT2D eigenvalue weighted by Crippen LogP contribution is -2.25. The summed E-state index contributed by atoms with van der Waals surface area (Å²) >= 11 is 0.670. The van der Waals surface area contributed by atoms with Gasteiger partial charge < -0.3 is 4.90 Å². The number of aromatic nitrogens is 3. The number of fused-ring (bicyclic) bond motifs is 1. The van der Waals surface area contributed by atoms with E-state index in [-0.39, 0.29) is 4.83 Å². The van der Waals surface area contributed by atoms with Gasteiger partial charge in [-0.1, -0.05) is 26.0 Å². The molecule has 122 valence electrons. The van der Waals surface area contributed by atoms with Gasteiger partial charge in [-0.25, -0.2) is 15.0 Å². The lowest BCUT2D eigenvalue weighted by atomic mass is 10.4. The van der Waals surface area contributed by atoms with Crippen molar-refractivity contribution >= 4 is 37.8 Å². The van der Waals surface area contributed by atoms with Crippen LogP contribution in [0.3, 0.4) is 0 Å². The van der Waals surface area contributed by atoms with E-state index in [1.54, 1.807) is 0 Å². The summed E-state index contributed by atoms with van der Waals surface area (Å²) in [4.78, 5) is 21.9. The fourth-order valence-corrected chi connectivity index (χ4v) is 3.10. The number of halogens is 5. The van der Waals surface area contributed by atoms with E-state index in [2.05, 4.69) is 21.5 Å². The van der Waals surface area contributed by atoms with Gasteiger partial charge in [0.1, 0.15) is 10.3 Å². The molecule has 0 aliphatic heterocycles. The van der Waals surface area contributed by atoms with Gasteiger partial charge in [0.25, 0.3) is 0 Å².